The number of imide groups is 1. The Morgan fingerprint density at radius 2 is 1.67 bits per heavy atom. The van der Waals surface area contributed by atoms with E-state index in [1.807, 2.05) is 0 Å². The second kappa shape index (κ2) is 7.72. The van der Waals surface area contributed by atoms with Gasteiger partial charge in [-0.15, -0.1) is 0 Å². The zero-order valence-corrected chi connectivity index (χ0v) is 13.8. The Morgan fingerprint density at radius 1 is 1.08 bits per heavy atom. The van der Waals surface area contributed by atoms with Gasteiger partial charge in [0.1, 0.15) is 0 Å². The average molecular weight is 332 g/mol. The van der Waals surface area contributed by atoms with Gasteiger partial charge in [0, 0.05) is 26.6 Å². The molecule has 128 valence electrons. The Kier molecular flexibility index (Phi) is 5.68. The molecule has 0 radical (unpaired) electrons. The fourth-order valence-corrected chi connectivity index (χ4v) is 2.51. The number of carbonyl (C=O) groups is 4. The van der Waals surface area contributed by atoms with Crippen molar-refractivity contribution in [1.82, 2.24) is 9.80 Å². The Morgan fingerprint density at radius 3 is 2.21 bits per heavy atom. The highest BCUT2D eigenvalue weighted by molar-refractivity contribution is 6.21. The molecule has 1 aliphatic heterocycles. The summed E-state index contributed by atoms with van der Waals surface area (Å²) in [5.74, 6) is -1.15. The lowest BCUT2D eigenvalue weighted by Gasteiger charge is -2.18. The molecule has 0 saturated carbocycles. The number of hydrogen-bond donors (Lipinski definition) is 0. The first-order valence-corrected chi connectivity index (χ1v) is 7.71. The van der Waals surface area contributed by atoms with Crippen LogP contribution < -0.4 is 0 Å². The van der Waals surface area contributed by atoms with Gasteiger partial charge in [0.25, 0.3) is 11.8 Å². The molecule has 7 heteroatoms. The van der Waals surface area contributed by atoms with E-state index in [2.05, 4.69) is 4.74 Å². The first-order valence-electron chi connectivity index (χ1n) is 7.71. The first-order chi connectivity index (χ1) is 11.5. The Bertz CT molecular complexity index is 636. The number of benzene rings is 1. The molecule has 0 N–H and O–H groups in total. The highest BCUT2D eigenvalue weighted by atomic mass is 16.5. The summed E-state index contributed by atoms with van der Waals surface area (Å²) in [4.78, 5) is 50.0. The molecule has 0 atom stereocenters. The predicted molar refractivity (Wildman–Crippen MR) is 85.3 cm³/mol. The molecule has 0 bridgehead atoms. The summed E-state index contributed by atoms with van der Waals surface area (Å²) in [6, 6.07) is 6.68. The molecule has 0 saturated heterocycles. The third-order valence-electron chi connectivity index (χ3n) is 3.96. The monoisotopic (exact) mass is 332 g/mol. The van der Waals surface area contributed by atoms with Crippen molar-refractivity contribution in [2.45, 2.75) is 19.3 Å². The van der Waals surface area contributed by atoms with Crippen molar-refractivity contribution in [3.8, 4) is 0 Å². The molecule has 1 aliphatic rings. The van der Waals surface area contributed by atoms with Crippen molar-refractivity contribution in [3.63, 3.8) is 0 Å². The second-order valence-corrected chi connectivity index (χ2v) is 5.55. The molecule has 3 amide bonds. The van der Waals surface area contributed by atoms with Crippen LogP contribution in [0.2, 0.25) is 0 Å². The van der Waals surface area contributed by atoms with Crippen molar-refractivity contribution >= 4 is 23.7 Å². The van der Waals surface area contributed by atoms with Crippen LogP contribution in [0.25, 0.3) is 0 Å². The first kappa shape index (κ1) is 17.7. The van der Waals surface area contributed by atoms with E-state index in [9.17, 15) is 19.2 Å². The van der Waals surface area contributed by atoms with Crippen LogP contribution in [0.4, 0.5) is 0 Å². The molecule has 0 unspecified atom stereocenters. The SMILES string of the molecule is COC(=O)CCN(C)C(=O)CCCN1C(=O)c2ccccc2C1=O. The molecule has 0 spiro atoms. The minimum absolute atomic E-state index is 0.136. The van der Waals surface area contributed by atoms with Gasteiger partial charge in [-0.25, -0.2) is 0 Å². The van der Waals surface area contributed by atoms with Gasteiger partial charge >= 0.3 is 5.97 Å². The molecule has 0 aliphatic carbocycles. The van der Waals surface area contributed by atoms with Crippen LogP contribution in [-0.2, 0) is 14.3 Å². The summed E-state index contributed by atoms with van der Waals surface area (Å²) in [7, 11) is 2.90. The lowest BCUT2D eigenvalue weighted by atomic mass is 10.1. The molecular weight excluding hydrogens is 312 g/mol. The molecule has 1 aromatic carbocycles. The summed E-state index contributed by atoms with van der Waals surface area (Å²) >= 11 is 0. The fraction of sp³-hybridized carbons (Fsp3) is 0.412. The normalized spacial score (nSPS) is 13.0. The van der Waals surface area contributed by atoms with E-state index in [0.717, 1.165) is 0 Å². The average Bonchev–Trinajstić information content (AvgIpc) is 2.84. The number of amides is 3. The predicted octanol–water partition coefficient (Wildman–Crippen LogP) is 1.08. The number of carbonyl (C=O) groups excluding carboxylic acids is 4. The van der Waals surface area contributed by atoms with E-state index < -0.39 is 0 Å². The largest absolute Gasteiger partial charge is 0.469 e. The summed E-state index contributed by atoms with van der Waals surface area (Å²) in [5.41, 5.74) is 0.813. The van der Waals surface area contributed by atoms with Crippen LogP contribution >= 0.6 is 0 Å². The van der Waals surface area contributed by atoms with Crippen molar-refractivity contribution in [2.75, 3.05) is 27.2 Å². The van der Waals surface area contributed by atoms with Crippen LogP contribution in [0.15, 0.2) is 24.3 Å². The number of esters is 1. The Labute approximate surface area is 140 Å². The minimum atomic E-state index is -0.374. The molecule has 24 heavy (non-hydrogen) atoms. The third kappa shape index (κ3) is 3.79. The lowest BCUT2D eigenvalue weighted by Crippen LogP contribution is -2.33. The van der Waals surface area contributed by atoms with Gasteiger partial charge in [-0.05, 0) is 18.6 Å². The lowest BCUT2D eigenvalue weighted by molar-refractivity contribution is -0.141. The zero-order chi connectivity index (χ0) is 17.7. The minimum Gasteiger partial charge on any atom is -0.469 e. The van der Waals surface area contributed by atoms with E-state index >= 15 is 0 Å². The highest BCUT2D eigenvalue weighted by Crippen LogP contribution is 2.22. The molecule has 0 fully saturated rings. The number of methoxy groups -OCH3 is 1. The standard InChI is InChI=1S/C17H20N2O5/c1-18(11-9-15(21)24-2)14(20)8-5-10-19-16(22)12-6-3-4-7-13(12)17(19)23/h3-4,6-7H,5,8-11H2,1-2H3. The smallest absolute Gasteiger partial charge is 0.307 e. The van der Waals surface area contributed by atoms with Crippen molar-refractivity contribution in [1.29, 1.82) is 0 Å². The maximum atomic E-state index is 12.2. The Balaban J connectivity index is 1.80. The second-order valence-electron chi connectivity index (χ2n) is 5.55. The molecule has 1 heterocycles. The van der Waals surface area contributed by atoms with Gasteiger partial charge < -0.3 is 9.64 Å². The van der Waals surface area contributed by atoms with Crippen molar-refractivity contribution in [2.24, 2.45) is 0 Å². The van der Waals surface area contributed by atoms with Crippen molar-refractivity contribution in [3.05, 3.63) is 35.4 Å². The van der Waals surface area contributed by atoms with Crippen LogP contribution in [0.3, 0.4) is 0 Å². The number of ether oxygens (including phenoxy) is 1. The van der Waals surface area contributed by atoms with E-state index in [0.29, 0.717) is 17.5 Å². The van der Waals surface area contributed by atoms with Gasteiger partial charge in [-0.3, -0.25) is 24.1 Å². The maximum absolute atomic E-state index is 12.2. The summed E-state index contributed by atoms with van der Waals surface area (Å²) in [5, 5.41) is 0. The number of hydrogen-bond acceptors (Lipinski definition) is 5. The van der Waals surface area contributed by atoms with E-state index in [1.54, 1.807) is 31.3 Å². The van der Waals surface area contributed by atoms with Gasteiger partial charge in [0.2, 0.25) is 5.91 Å². The van der Waals surface area contributed by atoms with Crippen LogP contribution in [0.1, 0.15) is 40.0 Å². The number of fused-ring (bicyclic) bond motifs is 1. The van der Waals surface area contributed by atoms with Gasteiger partial charge in [-0.1, -0.05) is 12.1 Å². The van der Waals surface area contributed by atoms with E-state index in [1.165, 1.54) is 16.9 Å². The maximum Gasteiger partial charge on any atom is 0.307 e. The molecule has 0 aromatic heterocycles. The third-order valence-corrected chi connectivity index (χ3v) is 3.96. The van der Waals surface area contributed by atoms with Crippen LogP contribution in [0, 0.1) is 0 Å². The fourth-order valence-electron chi connectivity index (χ4n) is 2.51. The number of rotatable bonds is 7. The van der Waals surface area contributed by atoms with E-state index in [-0.39, 0.29) is 49.6 Å². The number of nitrogens with zero attached hydrogens (tertiary/aromatic N) is 2. The highest BCUT2D eigenvalue weighted by Gasteiger charge is 2.34. The van der Waals surface area contributed by atoms with Crippen LogP contribution in [-0.4, -0.2) is 60.7 Å². The van der Waals surface area contributed by atoms with Gasteiger partial charge in [0.05, 0.1) is 24.7 Å². The molecule has 7 nitrogen and oxygen atoms in total. The zero-order valence-electron chi connectivity index (χ0n) is 13.8. The van der Waals surface area contributed by atoms with Crippen molar-refractivity contribution < 1.29 is 23.9 Å². The summed E-state index contributed by atoms with van der Waals surface area (Å²) in [6.07, 6.45) is 0.717. The molecular formula is C17H20N2O5. The quantitative estimate of drug-likeness (QED) is 0.551. The van der Waals surface area contributed by atoms with Gasteiger partial charge in [0.15, 0.2) is 0 Å². The molecule has 1 aromatic rings. The van der Waals surface area contributed by atoms with Gasteiger partial charge in [-0.2, -0.15) is 0 Å². The summed E-state index contributed by atoms with van der Waals surface area (Å²) < 4.78 is 4.52. The Hall–Kier alpha value is -2.70. The molecule has 2 rings (SSSR count). The van der Waals surface area contributed by atoms with E-state index in [4.69, 9.17) is 0 Å². The van der Waals surface area contributed by atoms with Crippen LogP contribution in [0.5, 0.6) is 0 Å². The topological polar surface area (TPSA) is 84.0 Å². The summed E-state index contributed by atoms with van der Waals surface area (Å²) in [6.45, 7) is 0.474.